The number of rotatable bonds is 3. The lowest BCUT2D eigenvalue weighted by atomic mass is 10.0. The fraction of sp³-hybridized carbons (Fsp3) is 0.250. The molecular weight excluding hydrogens is 338 g/mol. The maximum Gasteiger partial charge on any atom is 0.243 e. The maximum absolute atomic E-state index is 14.2. The van der Waals surface area contributed by atoms with Crippen LogP contribution in [0, 0.1) is 11.6 Å². The molecule has 1 atom stereocenters. The van der Waals surface area contributed by atoms with Crippen LogP contribution in [0.3, 0.4) is 0 Å². The molecule has 2 aromatic carbocycles. The Morgan fingerprint density at radius 2 is 1.96 bits per heavy atom. The molecule has 136 valence electrons. The van der Waals surface area contributed by atoms with E-state index in [1.807, 2.05) is 0 Å². The average Bonchev–Trinajstić information content (AvgIpc) is 3.00. The third-order valence-corrected chi connectivity index (χ3v) is 4.33. The van der Waals surface area contributed by atoms with E-state index in [0.29, 0.717) is 11.1 Å². The molecule has 1 heterocycles. The highest BCUT2D eigenvalue weighted by atomic mass is 19.1. The second-order valence-corrected chi connectivity index (χ2v) is 7.01. The molecule has 2 aromatic rings. The summed E-state index contributed by atoms with van der Waals surface area (Å²) in [6, 6.07) is 9.17. The molecule has 0 saturated heterocycles. The molecular formula is C20H20F2N2O2. The SMILES string of the molecule is CC(C)(N)C(=O)N1CC(c2cc(F)ccc2F)=CC1c1cccc(O)c1. The van der Waals surface area contributed by atoms with Gasteiger partial charge in [-0.1, -0.05) is 18.2 Å². The molecule has 1 unspecified atom stereocenters. The minimum Gasteiger partial charge on any atom is -0.508 e. The largest absolute Gasteiger partial charge is 0.508 e. The van der Waals surface area contributed by atoms with Crippen molar-refractivity contribution in [2.45, 2.75) is 25.4 Å². The average molecular weight is 358 g/mol. The fourth-order valence-electron chi connectivity index (χ4n) is 3.09. The van der Waals surface area contributed by atoms with Gasteiger partial charge in [-0.15, -0.1) is 0 Å². The van der Waals surface area contributed by atoms with Crippen LogP contribution < -0.4 is 5.73 Å². The van der Waals surface area contributed by atoms with Gasteiger partial charge in [0.15, 0.2) is 0 Å². The molecule has 4 nitrogen and oxygen atoms in total. The van der Waals surface area contributed by atoms with Crippen molar-refractivity contribution in [2.24, 2.45) is 5.73 Å². The van der Waals surface area contributed by atoms with Crippen molar-refractivity contribution in [3.8, 4) is 5.75 Å². The first-order valence-corrected chi connectivity index (χ1v) is 8.22. The van der Waals surface area contributed by atoms with Gasteiger partial charge in [-0.3, -0.25) is 4.79 Å². The smallest absolute Gasteiger partial charge is 0.243 e. The van der Waals surface area contributed by atoms with Crippen LogP contribution in [0.15, 0.2) is 48.5 Å². The molecule has 1 aliphatic heterocycles. The van der Waals surface area contributed by atoms with E-state index in [9.17, 15) is 18.7 Å². The van der Waals surface area contributed by atoms with Crippen molar-refractivity contribution in [3.05, 3.63) is 71.3 Å². The summed E-state index contributed by atoms with van der Waals surface area (Å²) in [5.74, 6) is -1.39. The number of hydrogen-bond donors (Lipinski definition) is 2. The molecule has 1 amide bonds. The second kappa shape index (κ2) is 6.53. The lowest BCUT2D eigenvalue weighted by Gasteiger charge is -2.31. The number of hydrogen-bond acceptors (Lipinski definition) is 3. The van der Waals surface area contributed by atoms with Crippen molar-refractivity contribution < 1.29 is 18.7 Å². The number of carbonyl (C=O) groups is 1. The zero-order chi connectivity index (χ0) is 19.1. The Morgan fingerprint density at radius 3 is 2.62 bits per heavy atom. The van der Waals surface area contributed by atoms with Gasteiger partial charge in [0, 0.05) is 12.1 Å². The van der Waals surface area contributed by atoms with E-state index in [-0.39, 0.29) is 23.8 Å². The number of amides is 1. The Balaban J connectivity index is 2.07. The first kappa shape index (κ1) is 18.1. The number of phenolic OH excluding ortho intramolecular Hbond substituents is 1. The van der Waals surface area contributed by atoms with Crippen LogP contribution in [-0.4, -0.2) is 28.0 Å². The van der Waals surface area contributed by atoms with Gasteiger partial charge in [0.2, 0.25) is 5.91 Å². The van der Waals surface area contributed by atoms with Gasteiger partial charge in [0.25, 0.3) is 0 Å². The predicted molar refractivity (Wildman–Crippen MR) is 95.2 cm³/mol. The lowest BCUT2D eigenvalue weighted by molar-refractivity contribution is -0.136. The van der Waals surface area contributed by atoms with E-state index in [1.54, 1.807) is 32.1 Å². The number of nitrogens with two attached hydrogens (primary N) is 1. The fourth-order valence-corrected chi connectivity index (χ4v) is 3.09. The topological polar surface area (TPSA) is 66.6 Å². The third-order valence-electron chi connectivity index (χ3n) is 4.33. The van der Waals surface area contributed by atoms with Gasteiger partial charge in [-0.25, -0.2) is 8.78 Å². The first-order chi connectivity index (χ1) is 12.2. The minimum atomic E-state index is -1.13. The van der Waals surface area contributed by atoms with E-state index >= 15 is 0 Å². The quantitative estimate of drug-likeness (QED) is 0.884. The monoisotopic (exact) mass is 358 g/mol. The van der Waals surface area contributed by atoms with E-state index in [2.05, 4.69) is 0 Å². The van der Waals surface area contributed by atoms with Crippen LogP contribution >= 0.6 is 0 Å². The highest BCUT2D eigenvalue weighted by molar-refractivity contribution is 5.89. The zero-order valence-electron chi connectivity index (χ0n) is 14.5. The van der Waals surface area contributed by atoms with Crippen molar-refractivity contribution in [2.75, 3.05) is 6.54 Å². The molecule has 6 heteroatoms. The van der Waals surface area contributed by atoms with Crippen molar-refractivity contribution in [1.29, 1.82) is 0 Å². The maximum atomic E-state index is 14.2. The van der Waals surface area contributed by atoms with Crippen LogP contribution in [0.2, 0.25) is 0 Å². The number of benzene rings is 2. The van der Waals surface area contributed by atoms with Crippen LogP contribution in [0.4, 0.5) is 8.78 Å². The van der Waals surface area contributed by atoms with Gasteiger partial charge in [-0.05, 0) is 55.3 Å². The number of halogens is 2. The molecule has 0 saturated carbocycles. The highest BCUT2D eigenvalue weighted by Gasteiger charge is 2.37. The zero-order valence-corrected chi connectivity index (χ0v) is 14.5. The van der Waals surface area contributed by atoms with E-state index in [4.69, 9.17) is 5.73 Å². The van der Waals surface area contributed by atoms with Crippen LogP contribution in [0.1, 0.15) is 31.0 Å². The third kappa shape index (κ3) is 3.46. The summed E-state index contributed by atoms with van der Waals surface area (Å²) in [6.07, 6.45) is 1.70. The summed E-state index contributed by atoms with van der Waals surface area (Å²) in [6.45, 7) is 3.28. The summed E-state index contributed by atoms with van der Waals surface area (Å²) in [7, 11) is 0. The molecule has 0 aliphatic carbocycles. The summed E-state index contributed by atoms with van der Waals surface area (Å²) in [5, 5.41) is 9.76. The standard InChI is InChI=1S/C20H20F2N2O2/c1-20(2,23)19(26)24-11-13(16-10-14(21)6-7-17(16)22)9-18(24)12-4-3-5-15(25)8-12/h3-10,18,25H,11,23H2,1-2H3. The van der Waals surface area contributed by atoms with Gasteiger partial charge in [-0.2, -0.15) is 0 Å². The summed E-state index contributed by atoms with van der Waals surface area (Å²) in [4.78, 5) is 14.3. The molecule has 3 rings (SSSR count). The van der Waals surface area contributed by atoms with E-state index in [0.717, 1.165) is 18.2 Å². The molecule has 0 bridgehead atoms. The van der Waals surface area contributed by atoms with Crippen LogP contribution in [-0.2, 0) is 4.79 Å². The Kier molecular flexibility index (Phi) is 4.54. The normalized spacial score (nSPS) is 17.3. The van der Waals surface area contributed by atoms with E-state index in [1.165, 1.54) is 17.0 Å². The van der Waals surface area contributed by atoms with Crippen molar-refractivity contribution in [3.63, 3.8) is 0 Å². The number of carbonyl (C=O) groups excluding carboxylic acids is 1. The molecule has 0 spiro atoms. The second-order valence-electron chi connectivity index (χ2n) is 7.01. The Bertz CT molecular complexity index is 888. The lowest BCUT2D eigenvalue weighted by Crippen LogP contribution is -2.51. The molecule has 1 aliphatic rings. The van der Waals surface area contributed by atoms with Gasteiger partial charge in [0.1, 0.15) is 17.4 Å². The molecule has 0 aromatic heterocycles. The van der Waals surface area contributed by atoms with Gasteiger partial charge < -0.3 is 15.7 Å². The number of aromatic hydroxyl groups is 1. The number of phenols is 1. The van der Waals surface area contributed by atoms with E-state index < -0.39 is 23.2 Å². The molecule has 0 radical (unpaired) electrons. The summed E-state index contributed by atoms with van der Waals surface area (Å²) < 4.78 is 27.8. The summed E-state index contributed by atoms with van der Waals surface area (Å²) >= 11 is 0. The first-order valence-electron chi connectivity index (χ1n) is 8.22. The predicted octanol–water partition coefficient (Wildman–Crippen LogP) is 3.37. The van der Waals surface area contributed by atoms with Crippen LogP contribution in [0.25, 0.3) is 5.57 Å². The van der Waals surface area contributed by atoms with Crippen molar-refractivity contribution >= 4 is 11.5 Å². The van der Waals surface area contributed by atoms with Crippen LogP contribution in [0.5, 0.6) is 5.75 Å². The van der Waals surface area contributed by atoms with Crippen molar-refractivity contribution in [1.82, 2.24) is 4.90 Å². The Hall–Kier alpha value is -2.73. The highest BCUT2D eigenvalue weighted by Crippen LogP contribution is 2.37. The Labute approximate surface area is 150 Å². The number of nitrogens with zero attached hydrogens (tertiary/aromatic N) is 1. The molecule has 26 heavy (non-hydrogen) atoms. The van der Waals surface area contributed by atoms with Gasteiger partial charge in [0.05, 0.1) is 11.6 Å². The molecule has 0 fully saturated rings. The summed E-state index contributed by atoms with van der Waals surface area (Å²) in [5.41, 5.74) is 6.11. The Morgan fingerprint density at radius 1 is 1.23 bits per heavy atom. The van der Waals surface area contributed by atoms with Gasteiger partial charge >= 0.3 is 0 Å². The minimum absolute atomic E-state index is 0.0562. The molecule has 3 N–H and O–H groups in total.